The summed E-state index contributed by atoms with van der Waals surface area (Å²) >= 11 is 0. The molecule has 1 heterocycles. The van der Waals surface area contributed by atoms with Gasteiger partial charge in [0.1, 0.15) is 0 Å². The van der Waals surface area contributed by atoms with Crippen LogP contribution in [0.4, 0.5) is 14.5 Å². The number of amides is 1. The van der Waals surface area contributed by atoms with Crippen LogP contribution in [0.1, 0.15) is 12.5 Å². The third kappa shape index (κ3) is 1.52. The Hall–Kier alpha value is -1.65. The van der Waals surface area contributed by atoms with Crippen molar-refractivity contribution in [2.75, 3.05) is 11.4 Å². The minimum atomic E-state index is -3.77. The standard InChI is InChI=1S/C11H11F2NO2/c1-3-14-8-5-4-7(2)6-9(8)16-11(12,13)10(14)15/h4-6H,3H2,1-2H3. The maximum atomic E-state index is 13.2. The van der Waals surface area contributed by atoms with Crippen LogP contribution in [0.3, 0.4) is 0 Å². The first-order chi connectivity index (χ1) is 7.45. The van der Waals surface area contributed by atoms with E-state index in [4.69, 9.17) is 0 Å². The second-order valence-electron chi connectivity index (χ2n) is 3.64. The number of carbonyl (C=O) groups excluding carboxylic acids is 1. The molecule has 16 heavy (non-hydrogen) atoms. The molecule has 0 unspecified atom stereocenters. The van der Waals surface area contributed by atoms with Gasteiger partial charge >= 0.3 is 12.0 Å². The van der Waals surface area contributed by atoms with Crippen molar-refractivity contribution in [1.29, 1.82) is 0 Å². The molecule has 0 spiro atoms. The molecule has 1 amide bonds. The van der Waals surface area contributed by atoms with Gasteiger partial charge in [0.15, 0.2) is 5.75 Å². The van der Waals surface area contributed by atoms with Gasteiger partial charge in [-0.05, 0) is 31.5 Å². The quantitative estimate of drug-likeness (QED) is 0.736. The second kappa shape index (κ2) is 3.43. The van der Waals surface area contributed by atoms with Gasteiger partial charge in [0.05, 0.1) is 5.69 Å². The molecule has 1 aromatic carbocycles. The van der Waals surface area contributed by atoms with Crippen LogP contribution in [0.25, 0.3) is 0 Å². The van der Waals surface area contributed by atoms with Crippen LogP contribution in [-0.4, -0.2) is 18.6 Å². The van der Waals surface area contributed by atoms with Crippen molar-refractivity contribution in [3.05, 3.63) is 23.8 Å². The Labute approximate surface area is 91.6 Å². The highest BCUT2D eigenvalue weighted by Crippen LogP contribution is 2.39. The highest BCUT2D eigenvalue weighted by atomic mass is 19.3. The first kappa shape index (κ1) is 10.9. The van der Waals surface area contributed by atoms with Gasteiger partial charge in [-0.15, -0.1) is 0 Å². The summed E-state index contributed by atoms with van der Waals surface area (Å²) in [6.07, 6.45) is -3.77. The van der Waals surface area contributed by atoms with Gasteiger partial charge in [-0.25, -0.2) is 0 Å². The fraction of sp³-hybridized carbons (Fsp3) is 0.364. The number of halogens is 2. The largest absolute Gasteiger partial charge is 0.482 e. The zero-order valence-electron chi connectivity index (χ0n) is 8.96. The van der Waals surface area contributed by atoms with Gasteiger partial charge in [0, 0.05) is 6.54 Å². The van der Waals surface area contributed by atoms with Gasteiger partial charge in [-0.3, -0.25) is 4.79 Å². The van der Waals surface area contributed by atoms with E-state index < -0.39 is 12.0 Å². The van der Waals surface area contributed by atoms with Crippen LogP contribution in [0, 0.1) is 6.92 Å². The number of fused-ring (bicyclic) bond motifs is 1. The van der Waals surface area contributed by atoms with Crippen molar-refractivity contribution in [3.63, 3.8) is 0 Å². The predicted octanol–water partition coefficient (Wildman–Crippen LogP) is 2.33. The number of ether oxygens (including phenoxy) is 1. The Morgan fingerprint density at radius 3 is 2.75 bits per heavy atom. The average molecular weight is 227 g/mol. The summed E-state index contributed by atoms with van der Waals surface area (Å²) < 4.78 is 30.9. The second-order valence-corrected chi connectivity index (χ2v) is 3.64. The van der Waals surface area contributed by atoms with E-state index in [-0.39, 0.29) is 12.3 Å². The summed E-state index contributed by atoms with van der Waals surface area (Å²) in [6.45, 7) is 3.60. The normalized spacial score (nSPS) is 18.0. The molecular formula is C11H11F2NO2. The fourth-order valence-corrected chi connectivity index (χ4v) is 1.69. The molecule has 0 bridgehead atoms. The van der Waals surface area contributed by atoms with Gasteiger partial charge in [0.2, 0.25) is 0 Å². The van der Waals surface area contributed by atoms with Crippen LogP contribution in [0.15, 0.2) is 18.2 Å². The van der Waals surface area contributed by atoms with E-state index in [1.807, 2.05) is 0 Å². The number of hydrogen-bond donors (Lipinski definition) is 0. The molecule has 0 saturated heterocycles. The van der Waals surface area contributed by atoms with Gasteiger partial charge in [-0.2, -0.15) is 8.78 Å². The minimum Gasteiger partial charge on any atom is -0.423 e. The van der Waals surface area contributed by atoms with Crippen molar-refractivity contribution in [2.45, 2.75) is 20.0 Å². The first-order valence-electron chi connectivity index (χ1n) is 4.95. The average Bonchev–Trinajstić information content (AvgIpc) is 2.20. The Morgan fingerprint density at radius 1 is 1.44 bits per heavy atom. The zero-order chi connectivity index (χ0) is 11.9. The SMILES string of the molecule is CCN1C(=O)C(F)(F)Oc2cc(C)ccc21. The topological polar surface area (TPSA) is 29.5 Å². The number of nitrogens with zero attached hydrogens (tertiary/aromatic N) is 1. The monoisotopic (exact) mass is 227 g/mol. The smallest absolute Gasteiger partial charge is 0.423 e. The zero-order valence-corrected chi connectivity index (χ0v) is 8.96. The number of benzene rings is 1. The first-order valence-corrected chi connectivity index (χ1v) is 4.95. The van der Waals surface area contributed by atoms with E-state index in [0.29, 0.717) is 5.69 Å². The van der Waals surface area contributed by atoms with Gasteiger partial charge in [0.25, 0.3) is 0 Å². The molecule has 2 rings (SSSR count). The molecule has 86 valence electrons. The lowest BCUT2D eigenvalue weighted by atomic mass is 10.1. The molecule has 0 aliphatic carbocycles. The number of hydrogen-bond acceptors (Lipinski definition) is 2. The predicted molar refractivity (Wildman–Crippen MR) is 54.8 cm³/mol. The van der Waals surface area contributed by atoms with Crippen LogP contribution < -0.4 is 9.64 Å². The molecule has 1 aliphatic rings. The molecule has 1 aromatic rings. The van der Waals surface area contributed by atoms with Gasteiger partial charge < -0.3 is 9.64 Å². The number of carbonyl (C=O) groups is 1. The maximum absolute atomic E-state index is 13.2. The molecule has 0 saturated carbocycles. The Morgan fingerprint density at radius 2 is 2.12 bits per heavy atom. The van der Waals surface area contributed by atoms with E-state index in [0.717, 1.165) is 10.5 Å². The minimum absolute atomic E-state index is 0.0476. The lowest BCUT2D eigenvalue weighted by Gasteiger charge is -2.32. The molecule has 0 aromatic heterocycles. The van der Waals surface area contributed by atoms with Crippen molar-refractivity contribution in [2.24, 2.45) is 0 Å². The molecule has 5 heteroatoms. The summed E-state index contributed by atoms with van der Waals surface area (Å²) in [5.74, 6) is -1.27. The van der Waals surface area contributed by atoms with Crippen LogP contribution in [0.2, 0.25) is 0 Å². The summed E-state index contributed by atoms with van der Waals surface area (Å²) in [7, 11) is 0. The molecule has 0 N–H and O–H groups in total. The number of rotatable bonds is 1. The van der Waals surface area contributed by atoms with E-state index >= 15 is 0 Å². The summed E-state index contributed by atoms with van der Waals surface area (Å²) in [5, 5.41) is 0. The third-order valence-corrected chi connectivity index (χ3v) is 2.45. The lowest BCUT2D eigenvalue weighted by Crippen LogP contribution is -2.50. The molecular weight excluding hydrogens is 216 g/mol. The van der Waals surface area contributed by atoms with Gasteiger partial charge in [-0.1, -0.05) is 6.07 Å². The Bertz CT molecular complexity index is 446. The van der Waals surface area contributed by atoms with E-state index in [2.05, 4.69) is 4.74 Å². The third-order valence-electron chi connectivity index (χ3n) is 2.45. The summed E-state index contributed by atoms with van der Waals surface area (Å²) in [6, 6.07) is 4.86. The van der Waals surface area contributed by atoms with E-state index in [1.54, 1.807) is 26.0 Å². The number of alkyl halides is 2. The number of aryl methyl sites for hydroxylation is 1. The maximum Gasteiger partial charge on any atom is 0.482 e. The van der Waals surface area contributed by atoms with Crippen molar-refractivity contribution in [1.82, 2.24) is 0 Å². The summed E-state index contributed by atoms with van der Waals surface area (Å²) in [4.78, 5) is 12.4. The number of anilines is 1. The van der Waals surface area contributed by atoms with Crippen LogP contribution in [0.5, 0.6) is 5.75 Å². The lowest BCUT2D eigenvalue weighted by molar-refractivity contribution is -0.192. The fourth-order valence-electron chi connectivity index (χ4n) is 1.69. The van der Waals surface area contributed by atoms with E-state index in [1.165, 1.54) is 6.07 Å². The Balaban J connectivity index is 2.55. The molecule has 0 radical (unpaired) electrons. The van der Waals surface area contributed by atoms with Crippen LogP contribution >= 0.6 is 0 Å². The highest BCUT2D eigenvalue weighted by molar-refractivity contribution is 6.00. The van der Waals surface area contributed by atoms with E-state index in [9.17, 15) is 13.6 Å². The highest BCUT2D eigenvalue weighted by Gasteiger charge is 2.49. The molecule has 3 nitrogen and oxygen atoms in total. The Kier molecular flexibility index (Phi) is 2.33. The molecule has 1 aliphatic heterocycles. The van der Waals surface area contributed by atoms with Crippen molar-refractivity contribution >= 4 is 11.6 Å². The molecule has 0 atom stereocenters. The number of likely N-dealkylation sites (N-methyl/N-ethyl adjacent to an activating group) is 1. The molecule has 0 fully saturated rings. The summed E-state index contributed by atoms with van der Waals surface area (Å²) in [5.41, 5.74) is 1.20. The van der Waals surface area contributed by atoms with Crippen molar-refractivity contribution < 1.29 is 18.3 Å². The van der Waals surface area contributed by atoms with Crippen LogP contribution in [-0.2, 0) is 4.79 Å². The van der Waals surface area contributed by atoms with Crippen molar-refractivity contribution in [3.8, 4) is 5.75 Å².